The van der Waals surface area contributed by atoms with E-state index >= 15 is 0 Å². The second-order valence-electron chi connectivity index (χ2n) is 3.61. The van der Waals surface area contributed by atoms with Gasteiger partial charge in [-0.1, -0.05) is 12.1 Å². The topological polar surface area (TPSA) is 67.6 Å². The van der Waals surface area contributed by atoms with E-state index in [-0.39, 0.29) is 6.03 Å². The zero-order chi connectivity index (χ0) is 11.4. The Bertz CT molecular complexity index is 381. The molecule has 1 aromatic rings. The second-order valence-corrected chi connectivity index (χ2v) is 3.61. The van der Waals surface area contributed by atoms with Crippen LogP contribution in [-0.4, -0.2) is 37.2 Å². The molecule has 1 heterocycles. The molecule has 5 nitrogen and oxygen atoms in total. The summed E-state index contributed by atoms with van der Waals surface area (Å²) in [6, 6.07) is 7.31. The van der Waals surface area contributed by atoms with Crippen molar-refractivity contribution in [3.8, 4) is 5.75 Å². The van der Waals surface area contributed by atoms with E-state index in [1.807, 2.05) is 18.2 Å². The largest absolute Gasteiger partial charge is 0.490 e. The number of nitrogens with two attached hydrogens (primary N) is 1. The third kappa shape index (κ3) is 2.36. The number of nitrogen functional groups attached to an aromatic ring is 1. The van der Waals surface area contributed by atoms with E-state index in [2.05, 4.69) is 5.32 Å². The molecular weight excluding hydrogens is 206 g/mol. The minimum absolute atomic E-state index is 0.0235. The molecule has 0 bridgehead atoms. The van der Waals surface area contributed by atoms with E-state index in [0.717, 1.165) is 6.54 Å². The van der Waals surface area contributed by atoms with Gasteiger partial charge in [-0.3, -0.25) is 0 Å². The number of nitrogens with zero attached hydrogens (tertiary/aromatic N) is 1. The predicted molar refractivity (Wildman–Crippen MR) is 61.3 cm³/mol. The van der Waals surface area contributed by atoms with E-state index in [1.54, 1.807) is 11.0 Å². The minimum Gasteiger partial charge on any atom is -0.490 e. The van der Waals surface area contributed by atoms with Gasteiger partial charge in [-0.2, -0.15) is 0 Å². The molecule has 3 N–H and O–H groups in total. The predicted octanol–water partition coefficient (Wildman–Crippen LogP) is 0.673. The average molecular weight is 221 g/mol. The van der Waals surface area contributed by atoms with Gasteiger partial charge >= 0.3 is 6.03 Å². The maximum atomic E-state index is 11.2. The number of hydrogen-bond acceptors (Lipinski definition) is 3. The highest BCUT2D eigenvalue weighted by Crippen LogP contribution is 2.19. The lowest BCUT2D eigenvalue weighted by atomic mass is 10.3. The first-order valence-corrected chi connectivity index (χ1v) is 5.27. The van der Waals surface area contributed by atoms with Crippen LogP contribution in [0.25, 0.3) is 0 Å². The van der Waals surface area contributed by atoms with Crippen LogP contribution in [0.2, 0.25) is 0 Å². The fraction of sp³-hybridized carbons (Fsp3) is 0.364. The van der Waals surface area contributed by atoms with Gasteiger partial charge in [0.15, 0.2) is 0 Å². The van der Waals surface area contributed by atoms with Crippen LogP contribution in [0.1, 0.15) is 0 Å². The Hall–Kier alpha value is -1.91. The van der Waals surface area contributed by atoms with Crippen molar-refractivity contribution >= 4 is 11.7 Å². The SMILES string of the molecule is Nc1ccccc1OCCN1CCNC1=O. The zero-order valence-corrected chi connectivity index (χ0v) is 8.98. The summed E-state index contributed by atoms with van der Waals surface area (Å²) in [7, 11) is 0. The van der Waals surface area contributed by atoms with Crippen LogP contribution in [0, 0.1) is 0 Å². The molecule has 1 saturated heterocycles. The molecule has 0 spiro atoms. The van der Waals surface area contributed by atoms with Crippen molar-refractivity contribution in [3.05, 3.63) is 24.3 Å². The summed E-state index contributed by atoms with van der Waals surface area (Å²) < 4.78 is 5.50. The summed E-state index contributed by atoms with van der Waals surface area (Å²) in [5.74, 6) is 0.669. The highest BCUT2D eigenvalue weighted by molar-refractivity contribution is 5.76. The third-order valence-electron chi connectivity index (χ3n) is 2.48. The molecule has 1 aromatic carbocycles. The van der Waals surface area contributed by atoms with E-state index in [0.29, 0.717) is 31.1 Å². The normalized spacial score (nSPS) is 15.0. The molecule has 2 rings (SSSR count). The number of anilines is 1. The second kappa shape index (κ2) is 4.74. The molecule has 0 unspecified atom stereocenters. The van der Waals surface area contributed by atoms with Crippen LogP contribution in [0.15, 0.2) is 24.3 Å². The van der Waals surface area contributed by atoms with Crippen molar-refractivity contribution in [2.24, 2.45) is 0 Å². The lowest BCUT2D eigenvalue weighted by Gasteiger charge is -2.15. The molecule has 0 saturated carbocycles. The first kappa shape index (κ1) is 10.6. The lowest BCUT2D eigenvalue weighted by Crippen LogP contribution is -2.31. The van der Waals surface area contributed by atoms with Gasteiger partial charge in [0.25, 0.3) is 0 Å². The summed E-state index contributed by atoms with van der Waals surface area (Å²) in [6.07, 6.45) is 0. The summed E-state index contributed by atoms with van der Waals surface area (Å²) in [5, 5.41) is 2.74. The number of ether oxygens (including phenoxy) is 1. The van der Waals surface area contributed by atoms with Crippen LogP contribution in [0.4, 0.5) is 10.5 Å². The first-order valence-electron chi connectivity index (χ1n) is 5.27. The number of carbonyl (C=O) groups is 1. The summed E-state index contributed by atoms with van der Waals surface area (Å²) >= 11 is 0. The van der Waals surface area contributed by atoms with Gasteiger partial charge in [0, 0.05) is 13.1 Å². The molecule has 1 aliphatic heterocycles. The van der Waals surface area contributed by atoms with Crippen molar-refractivity contribution < 1.29 is 9.53 Å². The Balaban J connectivity index is 1.80. The van der Waals surface area contributed by atoms with Gasteiger partial charge in [0.1, 0.15) is 12.4 Å². The molecular formula is C11H15N3O2. The Morgan fingerprint density at radius 2 is 2.25 bits per heavy atom. The molecule has 86 valence electrons. The van der Waals surface area contributed by atoms with Crippen molar-refractivity contribution in [2.75, 3.05) is 32.0 Å². The Labute approximate surface area is 94.2 Å². The monoisotopic (exact) mass is 221 g/mol. The highest BCUT2D eigenvalue weighted by atomic mass is 16.5. The van der Waals surface area contributed by atoms with Gasteiger partial charge in [0.05, 0.1) is 12.2 Å². The van der Waals surface area contributed by atoms with Gasteiger partial charge < -0.3 is 20.7 Å². The Kier molecular flexibility index (Phi) is 3.14. The lowest BCUT2D eigenvalue weighted by molar-refractivity contribution is 0.203. The van der Waals surface area contributed by atoms with Crippen LogP contribution >= 0.6 is 0 Å². The molecule has 2 amide bonds. The first-order chi connectivity index (χ1) is 7.77. The average Bonchev–Trinajstić information content (AvgIpc) is 2.67. The number of rotatable bonds is 4. The standard InChI is InChI=1S/C11H15N3O2/c12-9-3-1-2-4-10(9)16-8-7-14-6-5-13-11(14)15/h1-4H,5-8,12H2,(H,13,15). The van der Waals surface area contributed by atoms with Crippen molar-refractivity contribution in [1.82, 2.24) is 10.2 Å². The number of carbonyl (C=O) groups excluding carboxylic acids is 1. The molecule has 0 aliphatic carbocycles. The maximum absolute atomic E-state index is 11.2. The zero-order valence-electron chi connectivity index (χ0n) is 8.98. The molecule has 5 heteroatoms. The molecule has 1 fully saturated rings. The number of para-hydroxylation sites is 2. The minimum atomic E-state index is -0.0235. The number of amides is 2. The molecule has 0 aromatic heterocycles. The fourth-order valence-corrected chi connectivity index (χ4v) is 1.60. The van der Waals surface area contributed by atoms with Crippen LogP contribution in [0.3, 0.4) is 0 Å². The van der Waals surface area contributed by atoms with E-state index in [1.165, 1.54) is 0 Å². The number of nitrogens with one attached hydrogen (secondary N) is 1. The molecule has 16 heavy (non-hydrogen) atoms. The van der Waals surface area contributed by atoms with Gasteiger partial charge in [-0.25, -0.2) is 4.79 Å². The van der Waals surface area contributed by atoms with Crippen LogP contribution in [-0.2, 0) is 0 Å². The summed E-state index contributed by atoms with van der Waals surface area (Å²) in [4.78, 5) is 12.9. The quantitative estimate of drug-likeness (QED) is 0.734. The summed E-state index contributed by atoms with van der Waals surface area (Å²) in [5.41, 5.74) is 6.34. The van der Waals surface area contributed by atoms with Crippen molar-refractivity contribution in [2.45, 2.75) is 0 Å². The summed E-state index contributed by atoms with van der Waals surface area (Å²) in [6.45, 7) is 2.50. The van der Waals surface area contributed by atoms with Crippen molar-refractivity contribution in [3.63, 3.8) is 0 Å². The van der Waals surface area contributed by atoms with Crippen LogP contribution < -0.4 is 15.8 Å². The molecule has 0 atom stereocenters. The Morgan fingerprint density at radius 3 is 2.94 bits per heavy atom. The van der Waals surface area contributed by atoms with Crippen molar-refractivity contribution in [1.29, 1.82) is 0 Å². The van der Waals surface area contributed by atoms with E-state index in [4.69, 9.17) is 10.5 Å². The maximum Gasteiger partial charge on any atom is 0.317 e. The fourth-order valence-electron chi connectivity index (χ4n) is 1.60. The number of hydrogen-bond donors (Lipinski definition) is 2. The van der Waals surface area contributed by atoms with Gasteiger partial charge in [-0.05, 0) is 12.1 Å². The van der Waals surface area contributed by atoms with Gasteiger partial charge in [-0.15, -0.1) is 0 Å². The molecule has 1 aliphatic rings. The van der Waals surface area contributed by atoms with Crippen LogP contribution in [0.5, 0.6) is 5.75 Å². The third-order valence-corrected chi connectivity index (χ3v) is 2.48. The number of urea groups is 1. The highest BCUT2D eigenvalue weighted by Gasteiger charge is 2.18. The Morgan fingerprint density at radius 1 is 1.44 bits per heavy atom. The smallest absolute Gasteiger partial charge is 0.317 e. The molecule has 0 radical (unpaired) electrons. The number of benzene rings is 1. The van der Waals surface area contributed by atoms with E-state index < -0.39 is 0 Å². The van der Waals surface area contributed by atoms with E-state index in [9.17, 15) is 4.79 Å². The van der Waals surface area contributed by atoms with Gasteiger partial charge in [0.2, 0.25) is 0 Å².